The maximum atomic E-state index is 12.1. The molecule has 0 aromatic heterocycles. The Morgan fingerprint density at radius 2 is 2.35 bits per heavy atom. The number of piperidine rings is 1. The van der Waals surface area contributed by atoms with Crippen molar-refractivity contribution in [3.8, 4) is 6.07 Å². The number of hydrogen-bond acceptors (Lipinski definition) is 4. The molecule has 0 aliphatic carbocycles. The molecule has 0 amide bonds. The third-order valence-electron chi connectivity index (χ3n) is 3.47. The molecule has 1 aliphatic rings. The number of benzene rings is 1. The number of hydrogen-bond donors (Lipinski definition) is 0. The minimum Gasteiger partial charge on any atom is -0.464 e. The minimum absolute atomic E-state index is 0.226. The molecule has 4 nitrogen and oxygen atoms in total. The molecule has 1 unspecified atom stereocenters. The van der Waals surface area contributed by atoms with Gasteiger partial charge in [0, 0.05) is 6.54 Å². The number of rotatable bonds is 3. The van der Waals surface area contributed by atoms with E-state index in [9.17, 15) is 10.1 Å². The number of nitrogens with zero attached hydrogens (tertiary/aromatic N) is 2. The van der Waals surface area contributed by atoms with Crippen molar-refractivity contribution >= 4 is 23.3 Å². The molecule has 1 aliphatic heterocycles. The van der Waals surface area contributed by atoms with Crippen LogP contribution in [0.4, 0.5) is 5.69 Å². The van der Waals surface area contributed by atoms with E-state index in [0.29, 0.717) is 17.2 Å². The number of nitriles is 1. The second kappa shape index (κ2) is 6.62. The third kappa shape index (κ3) is 2.88. The number of halogens is 1. The van der Waals surface area contributed by atoms with E-state index in [1.165, 1.54) is 0 Å². The Morgan fingerprint density at radius 1 is 1.55 bits per heavy atom. The Hall–Kier alpha value is -1.73. The van der Waals surface area contributed by atoms with Gasteiger partial charge in [0.25, 0.3) is 0 Å². The Kier molecular flexibility index (Phi) is 4.86. The summed E-state index contributed by atoms with van der Waals surface area (Å²) < 4.78 is 5.14. The lowest BCUT2D eigenvalue weighted by Gasteiger charge is -2.36. The predicted octanol–water partition coefficient (Wildman–Crippen LogP) is 3.13. The van der Waals surface area contributed by atoms with Gasteiger partial charge in [0.15, 0.2) is 0 Å². The quantitative estimate of drug-likeness (QED) is 0.803. The molecule has 20 heavy (non-hydrogen) atoms. The van der Waals surface area contributed by atoms with Gasteiger partial charge in [0.2, 0.25) is 0 Å². The molecule has 0 saturated carbocycles. The van der Waals surface area contributed by atoms with E-state index >= 15 is 0 Å². The average Bonchev–Trinajstić information content (AvgIpc) is 2.47. The molecule has 0 N–H and O–H groups in total. The molecular formula is C15H17ClN2O2. The van der Waals surface area contributed by atoms with Gasteiger partial charge in [-0.05, 0) is 38.3 Å². The van der Waals surface area contributed by atoms with Crippen molar-refractivity contribution in [2.75, 3.05) is 18.1 Å². The van der Waals surface area contributed by atoms with Crippen LogP contribution in [0.15, 0.2) is 18.2 Å². The largest absolute Gasteiger partial charge is 0.464 e. The van der Waals surface area contributed by atoms with Crippen LogP contribution >= 0.6 is 11.6 Å². The number of carbonyl (C=O) groups is 1. The van der Waals surface area contributed by atoms with E-state index in [2.05, 4.69) is 6.07 Å². The number of ether oxygens (including phenoxy) is 1. The zero-order chi connectivity index (χ0) is 14.5. The van der Waals surface area contributed by atoms with Gasteiger partial charge in [0.1, 0.15) is 12.1 Å². The van der Waals surface area contributed by atoms with E-state index < -0.39 is 0 Å². The fraction of sp³-hybridized carbons (Fsp3) is 0.467. The summed E-state index contributed by atoms with van der Waals surface area (Å²) in [6.45, 7) is 2.90. The van der Waals surface area contributed by atoms with Crippen molar-refractivity contribution in [2.24, 2.45) is 0 Å². The second-order valence-corrected chi connectivity index (χ2v) is 5.11. The maximum Gasteiger partial charge on any atom is 0.328 e. The average molecular weight is 293 g/mol. The molecule has 5 heteroatoms. The van der Waals surface area contributed by atoms with Crippen molar-refractivity contribution in [3.05, 3.63) is 28.8 Å². The van der Waals surface area contributed by atoms with Crippen LogP contribution in [0.3, 0.4) is 0 Å². The fourth-order valence-corrected chi connectivity index (χ4v) is 2.78. The van der Waals surface area contributed by atoms with E-state index in [-0.39, 0.29) is 12.0 Å². The van der Waals surface area contributed by atoms with Crippen molar-refractivity contribution in [3.63, 3.8) is 0 Å². The molecule has 1 heterocycles. The Bertz CT molecular complexity index is 539. The summed E-state index contributed by atoms with van der Waals surface area (Å²) in [5.41, 5.74) is 1.14. The standard InChI is InChI=1S/C15H17ClN2O2/c1-2-20-15(19)14-7-3-4-9-18(14)13-8-5-6-12(16)11(13)10-17/h5-6,8,14H,2-4,7,9H2,1H3. The van der Waals surface area contributed by atoms with Crippen LogP contribution in [-0.4, -0.2) is 25.2 Å². The molecule has 2 rings (SSSR count). The van der Waals surface area contributed by atoms with Crippen LogP contribution in [0.25, 0.3) is 0 Å². The Balaban J connectivity index is 2.36. The van der Waals surface area contributed by atoms with Crippen LogP contribution in [0, 0.1) is 11.3 Å². The van der Waals surface area contributed by atoms with Crippen LogP contribution in [0.2, 0.25) is 5.02 Å². The van der Waals surface area contributed by atoms with Gasteiger partial charge < -0.3 is 9.64 Å². The van der Waals surface area contributed by atoms with Crippen molar-refractivity contribution in [2.45, 2.75) is 32.2 Å². The Labute approximate surface area is 123 Å². The summed E-state index contributed by atoms with van der Waals surface area (Å²) in [4.78, 5) is 14.0. The lowest BCUT2D eigenvalue weighted by atomic mass is 10.00. The lowest BCUT2D eigenvalue weighted by Crippen LogP contribution is -2.46. The van der Waals surface area contributed by atoms with Crippen LogP contribution < -0.4 is 4.90 Å². The van der Waals surface area contributed by atoms with Gasteiger partial charge in [-0.2, -0.15) is 5.26 Å². The maximum absolute atomic E-state index is 12.1. The molecule has 0 spiro atoms. The molecule has 1 saturated heterocycles. The van der Waals surface area contributed by atoms with Gasteiger partial charge >= 0.3 is 5.97 Å². The van der Waals surface area contributed by atoms with E-state index in [1.54, 1.807) is 19.1 Å². The van der Waals surface area contributed by atoms with Crippen molar-refractivity contribution < 1.29 is 9.53 Å². The van der Waals surface area contributed by atoms with Crippen LogP contribution in [-0.2, 0) is 9.53 Å². The SMILES string of the molecule is CCOC(=O)C1CCCCN1c1cccc(Cl)c1C#N. The zero-order valence-corrected chi connectivity index (χ0v) is 12.2. The predicted molar refractivity (Wildman–Crippen MR) is 77.8 cm³/mol. The van der Waals surface area contributed by atoms with E-state index in [1.807, 2.05) is 11.0 Å². The number of anilines is 1. The van der Waals surface area contributed by atoms with E-state index in [0.717, 1.165) is 31.5 Å². The normalized spacial score (nSPS) is 18.4. The smallest absolute Gasteiger partial charge is 0.328 e. The van der Waals surface area contributed by atoms with Crippen LogP contribution in [0.1, 0.15) is 31.7 Å². The Morgan fingerprint density at radius 3 is 3.05 bits per heavy atom. The highest BCUT2D eigenvalue weighted by molar-refractivity contribution is 6.32. The van der Waals surface area contributed by atoms with Crippen LogP contribution in [0.5, 0.6) is 0 Å². The highest BCUT2D eigenvalue weighted by Gasteiger charge is 2.31. The molecule has 0 bridgehead atoms. The van der Waals surface area contributed by atoms with Gasteiger partial charge in [-0.25, -0.2) is 4.79 Å². The second-order valence-electron chi connectivity index (χ2n) is 4.70. The molecule has 1 atom stereocenters. The molecular weight excluding hydrogens is 276 g/mol. The monoisotopic (exact) mass is 292 g/mol. The molecule has 1 aromatic carbocycles. The number of carbonyl (C=O) groups excluding carboxylic acids is 1. The molecule has 0 radical (unpaired) electrons. The highest BCUT2D eigenvalue weighted by atomic mass is 35.5. The first kappa shape index (κ1) is 14.7. The first-order chi connectivity index (χ1) is 9.69. The van der Waals surface area contributed by atoms with Crippen molar-refractivity contribution in [1.82, 2.24) is 0 Å². The first-order valence-corrected chi connectivity index (χ1v) is 7.18. The fourth-order valence-electron chi connectivity index (χ4n) is 2.57. The highest BCUT2D eigenvalue weighted by Crippen LogP contribution is 2.31. The topological polar surface area (TPSA) is 53.3 Å². The molecule has 1 aromatic rings. The van der Waals surface area contributed by atoms with Gasteiger partial charge in [-0.1, -0.05) is 17.7 Å². The van der Waals surface area contributed by atoms with Gasteiger partial charge in [-0.15, -0.1) is 0 Å². The van der Waals surface area contributed by atoms with Gasteiger partial charge in [0.05, 0.1) is 22.9 Å². The summed E-state index contributed by atoms with van der Waals surface area (Å²) >= 11 is 6.07. The summed E-state index contributed by atoms with van der Waals surface area (Å²) in [6, 6.07) is 7.13. The van der Waals surface area contributed by atoms with Crippen molar-refractivity contribution in [1.29, 1.82) is 5.26 Å². The summed E-state index contributed by atoms with van der Waals surface area (Å²) in [5, 5.41) is 9.70. The third-order valence-corrected chi connectivity index (χ3v) is 3.79. The first-order valence-electron chi connectivity index (χ1n) is 6.81. The molecule has 1 fully saturated rings. The zero-order valence-electron chi connectivity index (χ0n) is 11.4. The minimum atomic E-state index is -0.325. The summed E-state index contributed by atoms with van der Waals surface area (Å²) in [7, 11) is 0. The summed E-state index contributed by atoms with van der Waals surface area (Å²) in [5.74, 6) is -0.226. The lowest BCUT2D eigenvalue weighted by molar-refractivity contribution is -0.145. The van der Waals surface area contributed by atoms with Gasteiger partial charge in [-0.3, -0.25) is 0 Å². The molecule has 106 valence electrons. The summed E-state index contributed by atoms with van der Waals surface area (Å²) in [6.07, 6.45) is 2.73. The van der Waals surface area contributed by atoms with E-state index in [4.69, 9.17) is 16.3 Å². The number of esters is 1.